The van der Waals surface area contributed by atoms with Crippen molar-refractivity contribution in [3.8, 4) is 5.75 Å². The zero-order chi connectivity index (χ0) is 18.9. The van der Waals surface area contributed by atoms with Gasteiger partial charge in [-0.3, -0.25) is 4.90 Å². The highest BCUT2D eigenvalue weighted by Crippen LogP contribution is 2.15. The molecule has 0 saturated heterocycles. The van der Waals surface area contributed by atoms with E-state index in [0.29, 0.717) is 30.3 Å². The Kier molecular flexibility index (Phi) is 8.01. The first-order chi connectivity index (χ1) is 12.4. The van der Waals surface area contributed by atoms with Crippen LogP contribution in [0, 0.1) is 17.6 Å². The molecular formula is C21H27F2NO2. The van der Waals surface area contributed by atoms with E-state index < -0.39 is 17.7 Å². The summed E-state index contributed by atoms with van der Waals surface area (Å²) < 4.78 is 32.6. The van der Waals surface area contributed by atoms with Gasteiger partial charge < -0.3 is 9.84 Å². The van der Waals surface area contributed by atoms with Crippen LogP contribution in [0.1, 0.15) is 25.8 Å². The third kappa shape index (κ3) is 7.10. The van der Waals surface area contributed by atoms with Gasteiger partial charge in [0.25, 0.3) is 0 Å². The second kappa shape index (κ2) is 10.2. The van der Waals surface area contributed by atoms with Crippen molar-refractivity contribution in [3.63, 3.8) is 0 Å². The number of halogens is 2. The molecule has 2 rings (SSSR count). The van der Waals surface area contributed by atoms with Crippen molar-refractivity contribution >= 4 is 0 Å². The maximum Gasteiger partial charge on any atom is 0.130 e. The Morgan fingerprint density at radius 1 is 1.08 bits per heavy atom. The molecule has 1 N–H and O–H groups in total. The summed E-state index contributed by atoms with van der Waals surface area (Å²) in [5.41, 5.74) is 0.423. The molecule has 0 fully saturated rings. The van der Waals surface area contributed by atoms with E-state index in [4.69, 9.17) is 4.74 Å². The lowest BCUT2D eigenvalue weighted by molar-refractivity contribution is 0.0635. The first-order valence-electron chi connectivity index (χ1n) is 8.96. The lowest BCUT2D eigenvalue weighted by atomic mass is 10.1. The largest absolute Gasteiger partial charge is 0.491 e. The number of para-hydroxylation sites is 1. The van der Waals surface area contributed by atoms with E-state index in [1.165, 1.54) is 12.1 Å². The first kappa shape index (κ1) is 20.3. The van der Waals surface area contributed by atoms with Gasteiger partial charge in [-0.1, -0.05) is 38.1 Å². The highest BCUT2D eigenvalue weighted by Gasteiger charge is 2.16. The van der Waals surface area contributed by atoms with Crippen LogP contribution < -0.4 is 4.74 Å². The van der Waals surface area contributed by atoms with Gasteiger partial charge in [-0.05, 0) is 37.1 Å². The highest BCUT2D eigenvalue weighted by atomic mass is 19.1. The molecular weight excluding hydrogens is 336 g/mol. The number of aliphatic hydroxyl groups excluding tert-OH is 1. The van der Waals surface area contributed by atoms with Crippen molar-refractivity contribution in [2.45, 2.75) is 32.9 Å². The Morgan fingerprint density at radius 3 is 2.46 bits per heavy atom. The van der Waals surface area contributed by atoms with Crippen LogP contribution in [0.4, 0.5) is 8.78 Å². The standard InChI is InChI=1S/C21H27F2NO2/c1-16(2)10-11-24(13-17-8-9-18(22)12-21(17)23)14-19(25)15-26-20-6-4-3-5-7-20/h3-9,12,16,19,25H,10-11,13-15H2,1-2H3. The third-order valence-electron chi connectivity index (χ3n) is 4.09. The van der Waals surface area contributed by atoms with Crippen molar-refractivity contribution < 1.29 is 18.6 Å². The van der Waals surface area contributed by atoms with E-state index >= 15 is 0 Å². The number of aliphatic hydroxyl groups is 1. The summed E-state index contributed by atoms with van der Waals surface area (Å²) in [6, 6.07) is 12.9. The maximum absolute atomic E-state index is 14.0. The van der Waals surface area contributed by atoms with E-state index in [2.05, 4.69) is 13.8 Å². The average Bonchev–Trinajstić information content (AvgIpc) is 2.61. The van der Waals surface area contributed by atoms with E-state index in [1.807, 2.05) is 35.2 Å². The normalized spacial score (nSPS) is 12.6. The Hall–Kier alpha value is -1.98. The minimum atomic E-state index is -0.703. The van der Waals surface area contributed by atoms with E-state index in [1.54, 1.807) is 0 Å². The minimum Gasteiger partial charge on any atom is -0.491 e. The fourth-order valence-corrected chi connectivity index (χ4v) is 2.63. The quantitative estimate of drug-likeness (QED) is 0.685. The van der Waals surface area contributed by atoms with Gasteiger partial charge >= 0.3 is 0 Å². The number of benzene rings is 2. The molecule has 0 bridgehead atoms. The van der Waals surface area contributed by atoms with Crippen molar-refractivity contribution in [1.29, 1.82) is 0 Å². The van der Waals surface area contributed by atoms with Crippen molar-refractivity contribution in [2.24, 2.45) is 5.92 Å². The summed E-state index contributed by atoms with van der Waals surface area (Å²) in [6.07, 6.45) is 0.223. The lowest BCUT2D eigenvalue weighted by Crippen LogP contribution is -2.36. The molecule has 5 heteroatoms. The molecule has 2 aromatic rings. The molecule has 0 radical (unpaired) electrons. The Bertz CT molecular complexity index is 664. The number of rotatable bonds is 10. The molecule has 0 amide bonds. The Balaban J connectivity index is 1.94. The molecule has 142 valence electrons. The Morgan fingerprint density at radius 2 is 1.81 bits per heavy atom. The zero-order valence-electron chi connectivity index (χ0n) is 15.4. The topological polar surface area (TPSA) is 32.7 Å². The van der Waals surface area contributed by atoms with Crippen LogP contribution >= 0.6 is 0 Å². The van der Waals surface area contributed by atoms with Crippen LogP contribution in [0.2, 0.25) is 0 Å². The second-order valence-electron chi connectivity index (χ2n) is 6.93. The highest BCUT2D eigenvalue weighted by molar-refractivity contribution is 5.21. The van der Waals surface area contributed by atoms with Gasteiger partial charge in [0.05, 0.1) is 0 Å². The lowest BCUT2D eigenvalue weighted by Gasteiger charge is -2.26. The van der Waals surface area contributed by atoms with E-state index in [-0.39, 0.29) is 6.61 Å². The number of hydrogen-bond acceptors (Lipinski definition) is 3. The molecule has 26 heavy (non-hydrogen) atoms. The summed E-state index contributed by atoms with van der Waals surface area (Å²) >= 11 is 0. The summed E-state index contributed by atoms with van der Waals surface area (Å²) in [7, 11) is 0. The SMILES string of the molecule is CC(C)CCN(Cc1ccc(F)cc1F)CC(O)COc1ccccc1. The molecule has 1 unspecified atom stereocenters. The summed E-state index contributed by atoms with van der Waals surface area (Å²) in [6.45, 7) is 5.79. The van der Waals surface area contributed by atoms with Gasteiger partial charge in [0.1, 0.15) is 30.1 Å². The molecule has 0 heterocycles. The van der Waals surface area contributed by atoms with Gasteiger partial charge in [0.2, 0.25) is 0 Å². The molecule has 1 atom stereocenters. The molecule has 0 aliphatic heterocycles. The molecule has 0 saturated carbocycles. The van der Waals surface area contributed by atoms with Crippen molar-refractivity contribution in [1.82, 2.24) is 4.90 Å². The van der Waals surface area contributed by atoms with Gasteiger partial charge in [-0.2, -0.15) is 0 Å². The van der Waals surface area contributed by atoms with Crippen LogP contribution in [-0.2, 0) is 6.54 Å². The fourth-order valence-electron chi connectivity index (χ4n) is 2.63. The van der Waals surface area contributed by atoms with E-state index in [9.17, 15) is 13.9 Å². The summed E-state index contributed by atoms with van der Waals surface area (Å²) in [5, 5.41) is 10.3. The third-order valence-corrected chi connectivity index (χ3v) is 4.09. The fraction of sp³-hybridized carbons (Fsp3) is 0.429. The molecule has 0 aromatic heterocycles. The maximum atomic E-state index is 14.0. The number of hydrogen-bond donors (Lipinski definition) is 1. The Labute approximate surface area is 154 Å². The average molecular weight is 363 g/mol. The number of nitrogens with zero attached hydrogens (tertiary/aromatic N) is 1. The monoisotopic (exact) mass is 363 g/mol. The zero-order valence-corrected chi connectivity index (χ0v) is 15.4. The van der Waals surface area contributed by atoms with Gasteiger partial charge in [0.15, 0.2) is 0 Å². The van der Waals surface area contributed by atoms with Gasteiger partial charge in [0, 0.05) is 24.7 Å². The second-order valence-corrected chi connectivity index (χ2v) is 6.93. The summed E-state index contributed by atoms with van der Waals surface area (Å²) in [4.78, 5) is 1.98. The minimum absolute atomic E-state index is 0.161. The van der Waals surface area contributed by atoms with Crippen molar-refractivity contribution in [3.05, 3.63) is 65.7 Å². The van der Waals surface area contributed by atoms with Gasteiger partial charge in [-0.25, -0.2) is 8.78 Å². The van der Waals surface area contributed by atoms with Crippen LogP contribution in [0.25, 0.3) is 0 Å². The van der Waals surface area contributed by atoms with Crippen LogP contribution in [0.3, 0.4) is 0 Å². The van der Waals surface area contributed by atoms with Crippen molar-refractivity contribution in [2.75, 3.05) is 19.7 Å². The molecule has 0 aliphatic rings. The molecule has 0 aliphatic carbocycles. The van der Waals surface area contributed by atoms with E-state index in [0.717, 1.165) is 19.0 Å². The predicted octanol–water partition coefficient (Wildman–Crippen LogP) is 4.25. The van der Waals surface area contributed by atoms with Crippen LogP contribution in [0.5, 0.6) is 5.75 Å². The molecule has 3 nitrogen and oxygen atoms in total. The molecule has 0 spiro atoms. The van der Waals surface area contributed by atoms with Crippen LogP contribution in [0.15, 0.2) is 48.5 Å². The van der Waals surface area contributed by atoms with Crippen LogP contribution in [-0.4, -0.2) is 35.8 Å². The van der Waals surface area contributed by atoms with Gasteiger partial charge in [-0.15, -0.1) is 0 Å². The molecule has 2 aromatic carbocycles. The smallest absolute Gasteiger partial charge is 0.130 e. The first-order valence-corrected chi connectivity index (χ1v) is 8.96. The summed E-state index contributed by atoms with van der Waals surface area (Å²) in [5.74, 6) is 0.0454. The number of ether oxygens (including phenoxy) is 1. The predicted molar refractivity (Wildman–Crippen MR) is 99.0 cm³/mol.